The van der Waals surface area contributed by atoms with Crippen LogP contribution in [0, 0.1) is 5.21 Å². The molecule has 19 heavy (non-hydrogen) atoms. The Kier molecular flexibility index (Phi) is 4.06. The van der Waals surface area contributed by atoms with Crippen molar-refractivity contribution in [2.45, 2.75) is 13.3 Å². The Bertz CT molecular complexity index is 590. The van der Waals surface area contributed by atoms with Crippen LogP contribution in [-0.4, -0.2) is 16.7 Å². The van der Waals surface area contributed by atoms with Gasteiger partial charge in [0.25, 0.3) is 5.88 Å². The maximum Gasteiger partial charge on any atom is 0.341 e. The topological polar surface area (TPSA) is 69.3 Å². The van der Waals surface area contributed by atoms with E-state index in [1.807, 2.05) is 6.92 Å². The fourth-order valence-corrected chi connectivity index (χ4v) is 1.79. The van der Waals surface area contributed by atoms with Crippen LogP contribution in [0.2, 0.25) is 5.15 Å². The van der Waals surface area contributed by atoms with E-state index >= 15 is 0 Å². The van der Waals surface area contributed by atoms with Crippen LogP contribution in [0.1, 0.15) is 13.3 Å². The molecule has 0 amide bonds. The molecule has 2 rings (SSSR count). The Morgan fingerprint density at radius 3 is 2.89 bits per heavy atom. The van der Waals surface area contributed by atoms with Crippen LogP contribution in [0.25, 0.3) is 11.4 Å². The summed E-state index contributed by atoms with van der Waals surface area (Å²) in [6, 6.07) is 8.08. The molecule has 0 radical (unpaired) electrons. The number of ether oxygens (including phenoxy) is 1. The lowest BCUT2D eigenvalue weighted by molar-refractivity contribution is -0.604. The summed E-state index contributed by atoms with van der Waals surface area (Å²) in [5.41, 5.74) is 0.490. The van der Waals surface area contributed by atoms with Gasteiger partial charge in [-0.2, -0.15) is 4.73 Å². The molecule has 5 nitrogen and oxygen atoms in total. The predicted octanol–water partition coefficient (Wildman–Crippen LogP) is 2.53. The fourth-order valence-electron chi connectivity index (χ4n) is 1.61. The fraction of sp³-hybridized carbons (Fsp3) is 0.231. The molecule has 0 saturated heterocycles. The summed E-state index contributed by atoms with van der Waals surface area (Å²) in [5, 5.41) is 21.4. The van der Waals surface area contributed by atoms with Crippen LogP contribution in [0.3, 0.4) is 0 Å². The normalized spacial score (nSPS) is 10.4. The summed E-state index contributed by atoms with van der Waals surface area (Å²) in [5.74, 6) is 0.0418. The number of nitrogens with zero attached hydrogens (tertiary/aromatic N) is 2. The quantitative estimate of drug-likeness (QED) is 0.531. The average molecular weight is 281 g/mol. The highest BCUT2D eigenvalue weighted by Crippen LogP contribution is 2.28. The Morgan fingerprint density at radius 2 is 2.16 bits per heavy atom. The molecule has 0 saturated carbocycles. The van der Waals surface area contributed by atoms with Gasteiger partial charge in [-0.3, -0.25) is 0 Å². The van der Waals surface area contributed by atoms with Gasteiger partial charge in [-0.15, -0.1) is 0 Å². The van der Waals surface area contributed by atoms with Crippen LogP contribution in [0.5, 0.6) is 11.6 Å². The van der Waals surface area contributed by atoms with Crippen molar-refractivity contribution in [2.24, 2.45) is 0 Å². The first-order chi connectivity index (χ1) is 9.13. The first-order valence-corrected chi connectivity index (χ1v) is 6.22. The Balaban J connectivity index is 2.52. The molecule has 2 aromatic rings. The molecule has 1 N–H and O–H groups in total. The lowest BCUT2D eigenvalue weighted by Crippen LogP contribution is -2.30. The molecule has 1 aromatic heterocycles. The van der Waals surface area contributed by atoms with Crippen molar-refractivity contribution in [3.05, 3.63) is 40.7 Å². The monoisotopic (exact) mass is 280 g/mol. The molecular formula is C13H13ClN2O3. The van der Waals surface area contributed by atoms with Crippen molar-refractivity contribution in [3.8, 4) is 23.0 Å². The number of hydrogen-bond donors (Lipinski definition) is 1. The van der Waals surface area contributed by atoms with Crippen LogP contribution >= 0.6 is 11.6 Å². The van der Waals surface area contributed by atoms with Crippen molar-refractivity contribution in [3.63, 3.8) is 0 Å². The number of rotatable bonds is 4. The molecule has 100 valence electrons. The first kappa shape index (κ1) is 13.4. The summed E-state index contributed by atoms with van der Waals surface area (Å²) in [7, 11) is 0. The molecule has 6 heteroatoms. The minimum atomic E-state index is -0.500. The van der Waals surface area contributed by atoms with Gasteiger partial charge in [-0.1, -0.05) is 19.1 Å². The number of halogens is 1. The molecule has 1 heterocycles. The summed E-state index contributed by atoms with van der Waals surface area (Å²) >= 11 is 5.76. The number of hydrogen-bond acceptors (Lipinski definition) is 4. The maximum absolute atomic E-state index is 11.8. The minimum absolute atomic E-state index is 0.0108. The van der Waals surface area contributed by atoms with Gasteiger partial charge < -0.3 is 15.1 Å². The van der Waals surface area contributed by atoms with Gasteiger partial charge >= 0.3 is 5.82 Å². The van der Waals surface area contributed by atoms with E-state index < -0.39 is 5.88 Å². The molecule has 1 aromatic carbocycles. The number of para-hydroxylation sites is 1. The second-order valence-corrected chi connectivity index (χ2v) is 4.29. The Labute approximate surface area is 115 Å². The van der Waals surface area contributed by atoms with E-state index in [-0.39, 0.29) is 11.0 Å². The molecule has 0 aliphatic carbocycles. The van der Waals surface area contributed by atoms with E-state index in [1.54, 1.807) is 24.3 Å². The summed E-state index contributed by atoms with van der Waals surface area (Å²) < 4.78 is 5.88. The van der Waals surface area contributed by atoms with Gasteiger partial charge in [0.2, 0.25) is 5.15 Å². The van der Waals surface area contributed by atoms with E-state index in [1.165, 1.54) is 0 Å². The molecule has 0 aliphatic heterocycles. The lowest BCUT2D eigenvalue weighted by Gasteiger charge is -2.11. The van der Waals surface area contributed by atoms with Crippen LogP contribution in [0.15, 0.2) is 30.3 Å². The van der Waals surface area contributed by atoms with Gasteiger partial charge in [-0.25, -0.2) is 0 Å². The van der Waals surface area contributed by atoms with E-state index in [0.717, 1.165) is 12.5 Å². The predicted molar refractivity (Wildman–Crippen MR) is 71.1 cm³/mol. The molecule has 0 fully saturated rings. The van der Waals surface area contributed by atoms with Gasteiger partial charge in [0.1, 0.15) is 11.3 Å². The summed E-state index contributed by atoms with van der Waals surface area (Å²) in [4.78, 5) is 3.95. The zero-order valence-electron chi connectivity index (χ0n) is 10.3. The van der Waals surface area contributed by atoms with Crippen molar-refractivity contribution >= 4 is 11.6 Å². The molecule has 0 spiro atoms. The summed E-state index contributed by atoms with van der Waals surface area (Å²) in [6.45, 7) is 2.52. The third kappa shape index (κ3) is 2.88. The van der Waals surface area contributed by atoms with Crippen molar-refractivity contribution in [1.82, 2.24) is 4.98 Å². The minimum Gasteiger partial charge on any atom is -0.708 e. The molecular weight excluding hydrogens is 268 g/mol. The van der Waals surface area contributed by atoms with Crippen LogP contribution in [0.4, 0.5) is 0 Å². The molecule has 0 bridgehead atoms. The number of benzene rings is 1. The third-order valence-corrected chi connectivity index (χ3v) is 2.64. The van der Waals surface area contributed by atoms with E-state index in [2.05, 4.69) is 4.98 Å². The van der Waals surface area contributed by atoms with E-state index in [4.69, 9.17) is 16.3 Å². The van der Waals surface area contributed by atoms with Crippen molar-refractivity contribution in [2.75, 3.05) is 6.61 Å². The maximum atomic E-state index is 11.8. The van der Waals surface area contributed by atoms with Crippen LogP contribution in [-0.2, 0) is 0 Å². The molecule has 0 atom stereocenters. The number of aromatic nitrogens is 2. The van der Waals surface area contributed by atoms with Crippen molar-refractivity contribution < 1.29 is 14.6 Å². The van der Waals surface area contributed by atoms with Gasteiger partial charge in [0.05, 0.1) is 12.7 Å². The van der Waals surface area contributed by atoms with Gasteiger partial charge in [0, 0.05) is 0 Å². The largest absolute Gasteiger partial charge is 0.708 e. The smallest absolute Gasteiger partial charge is 0.341 e. The zero-order valence-corrected chi connectivity index (χ0v) is 11.1. The van der Waals surface area contributed by atoms with Gasteiger partial charge in [0.15, 0.2) is 0 Å². The zero-order chi connectivity index (χ0) is 13.8. The SMILES string of the molecule is CCCOc1ccccc1-c1nc(Cl)cc(O)[n+]1[O-]. The lowest BCUT2D eigenvalue weighted by atomic mass is 10.2. The van der Waals surface area contributed by atoms with Crippen LogP contribution < -0.4 is 9.47 Å². The van der Waals surface area contributed by atoms with E-state index in [0.29, 0.717) is 22.7 Å². The summed E-state index contributed by atoms with van der Waals surface area (Å²) in [6.07, 6.45) is 0.847. The highest BCUT2D eigenvalue weighted by Gasteiger charge is 2.20. The average Bonchev–Trinajstić information content (AvgIpc) is 2.41. The standard InChI is InChI=1S/C13H13ClN2O3/c1-2-7-19-10-6-4-3-5-9(10)13-15-11(14)8-12(17)16(13)18/h3-6,8,17H,2,7H2,1H3. The van der Waals surface area contributed by atoms with E-state index in [9.17, 15) is 10.3 Å². The second kappa shape index (κ2) is 5.75. The Hall–Kier alpha value is -2.01. The second-order valence-electron chi connectivity index (χ2n) is 3.90. The first-order valence-electron chi connectivity index (χ1n) is 5.84. The third-order valence-electron chi connectivity index (χ3n) is 2.45. The highest BCUT2D eigenvalue weighted by atomic mass is 35.5. The van der Waals surface area contributed by atoms with Gasteiger partial charge in [-0.05, 0) is 35.1 Å². The Morgan fingerprint density at radius 1 is 1.42 bits per heavy atom. The highest BCUT2D eigenvalue weighted by molar-refractivity contribution is 6.29. The molecule has 0 aliphatic rings. The molecule has 0 unspecified atom stereocenters. The number of aromatic hydroxyl groups is 1. The van der Waals surface area contributed by atoms with Crippen molar-refractivity contribution in [1.29, 1.82) is 0 Å².